The van der Waals surface area contributed by atoms with Crippen LogP contribution in [-0.4, -0.2) is 23.9 Å². The van der Waals surface area contributed by atoms with Gasteiger partial charge in [0.25, 0.3) is 0 Å². The van der Waals surface area contributed by atoms with Crippen molar-refractivity contribution in [2.75, 3.05) is 0 Å². The van der Waals surface area contributed by atoms with Gasteiger partial charge in [-0.25, -0.2) is 15.0 Å². The van der Waals surface area contributed by atoms with Crippen molar-refractivity contribution in [3.05, 3.63) is 164 Å². The summed E-state index contributed by atoms with van der Waals surface area (Å²) in [5.74, 6) is 1.73. The normalized spacial score (nSPS) is 12.2. The molecule has 0 saturated carbocycles. The van der Waals surface area contributed by atoms with Gasteiger partial charge in [0.1, 0.15) is 11.5 Å². The van der Waals surface area contributed by atoms with E-state index in [0.29, 0.717) is 0 Å². The second kappa shape index (κ2) is 10.2. The van der Waals surface area contributed by atoms with E-state index in [2.05, 4.69) is 173 Å². The van der Waals surface area contributed by atoms with Crippen molar-refractivity contribution < 1.29 is 0 Å². The van der Waals surface area contributed by atoms with Crippen LogP contribution in [0.25, 0.3) is 110 Å². The maximum absolute atomic E-state index is 5.55. The zero-order chi connectivity index (χ0) is 33.9. The number of hydrogen-bond donors (Lipinski definition) is 0. The second-order valence-corrected chi connectivity index (χ2v) is 13.6. The minimum Gasteiger partial charge on any atom is -0.292 e. The molecule has 0 fully saturated rings. The van der Waals surface area contributed by atoms with Crippen LogP contribution >= 0.6 is 0 Å². The van der Waals surface area contributed by atoms with Crippen molar-refractivity contribution in [1.82, 2.24) is 23.9 Å². The van der Waals surface area contributed by atoms with Gasteiger partial charge in [0, 0.05) is 32.7 Å². The van der Waals surface area contributed by atoms with E-state index in [-0.39, 0.29) is 0 Å². The molecule has 0 unspecified atom stereocenters. The number of aromatic nitrogens is 5. The highest BCUT2D eigenvalue weighted by molar-refractivity contribution is 6.30. The number of benzene rings is 8. The molecule has 12 rings (SSSR count). The molecule has 4 heterocycles. The Balaban J connectivity index is 1.29. The van der Waals surface area contributed by atoms with Crippen LogP contribution in [0.2, 0.25) is 0 Å². The van der Waals surface area contributed by atoms with E-state index in [1.807, 2.05) is 0 Å². The number of hydrogen-bond acceptors (Lipinski definition) is 3. The van der Waals surface area contributed by atoms with Crippen LogP contribution in [0.1, 0.15) is 0 Å². The maximum atomic E-state index is 5.55. The first-order valence-electron chi connectivity index (χ1n) is 17.6. The van der Waals surface area contributed by atoms with E-state index in [0.717, 1.165) is 77.9 Å². The van der Waals surface area contributed by atoms with Gasteiger partial charge >= 0.3 is 0 Å². The average molecular weight is 662 g/mol. The largest absolute Gasteiger partial charge is 0.292 e. The van der Waals surface area contributed by atoms with E-state index in [4.69, 9.17) is 15.0 Å². The molecule has 52 heavy (non-hydrogen) atoms. The molecule has 4 aromatic heterocycles. The molecule has 0 radical (unpaired) electrons. The molecule has 0 aliphatic rings. The van der Waals surface area contributed by atoms with Crippen LogP contribution in [0.4, 0.5) is 0 Å². The summed E-state index contributed by atoms with van der Waals surface area (Å²) in [6, 6.07) is 58.1. The molecule has 5 heteroatoms. The van der Waals surface area contributed by atoms with Crippen LogP contribution in [0, 0.1) is 0 Å². The van der Waals surface area contributed by atoms with Gasteiger partial charge in [-0.05, 0) is 57.9 Å². The Labute approximate surface area is 297 Å². The molecule has 0 bridgehead atoms. The van der Waals surface area contributed by atoms with Gasteiger partial charge in [0.15, 0.2) is 5.82 Å². The third-order valence-corrected chi connectivity index (χ3v) is 10.8. The first kappa shape index (κ1) is 27.7. The molecule has 0 amide bonds. The monoisotopic (exact) mass is 661 g/mol. The lowest BCUT2D eigenvalue weighted by atomic mass is 10.0. The standard InChI is InChI=1S/C47H27N5/c1-2-13-30(14-3-1)46-49-37-25-26-40-42-41-35(34-17-8-9-19-38(34)52(46)45(37)42)18-10-20-39(41)51(40)47-43(32-22-21-28-11-4-5-15-31(28)27-32)50-44-33-16-7-6-12-29(33)23-24-36(44)48-47/h1-27H. The molecule has 0 saturated heterocycles. The van der Waals surface area contributed by atoms with Crippen molar-refractivity contribution in [2.45, 2.75) is 0 Å². The molecule has 0 aliphatic heterocycles. The predicted molar refractivity (Wildman–Crippen MR) is 215 cm³/mol. The maximum Gasteiger partial charge on any atom is 0.165 e. The van der Waals surface area contributed by atoms with Gasteiger partial charge in [-0.3, -0.25) is 8.97 Å². The summed E-state index contributed by atoms with van der Waals surface area (Å²) < 4.78 is 4.71. The summed E-state index contributed by atoms with van der Waals surface area (Å²) in [5.41, 5.74) is 10.0. The molecule has 12 aromatic rings. The molecule has 0 N–H and O–H groups in total. The van der Waals surface area contributed by atoms with Crippen LogP contribution < -0.4 is 0 Å². The quantitative estimate of drug-likeness (QED) is 0.177. The van der Waals surface area contributed by atoms with Crippen LogP contribution in [0.3, 0.4) is 0 Å². The summed E-state index contributed by atoms with van der Waals surface area (Å²) >= 11 is 0. The van der Waals surface area contributed by atoms with Gasteiger partial charge in [-0.1, -0.05) is 127 Å². The molecule has 0 spiro atoms. The number of nitrogens with zero attached hydrogens (tertiary/aromatic N) is 5. The average Bonchev–Trinajstić information content (AvgIpc) is 3.73. The second-order valence-electron chi connectivity index (χ2n) is 13.6. The predicted octanol–water partition coefficient (Wildman–Crippen LogP) is 11.8. The number of imidazole rings is 1. The summed E-state index contributed by atoms with van der Waals surface area (Å²) in [4.78, 5) is 16.4. The zero-order valence-electron chi connectivity index (χ0n) is 27.8. The smallest absolute Gasteiger partial charge is 0.165 e. The molecule has 0 atom stereocenters. The van der Waals surface area contributed by atoms with Crippen molar-refractivity contribution >= 4 is 81.7 Å². The van der Waals surface area contributed by atoms with Crippen LogP contribution in [0.5, 0.6) is 0 Å². The topological polar surface area (TPSA) is 48.0 Å². The summed E-state index contributed by atoms with van der Waals surface area (Å²) in [6.45, 7) is 0. The number of fused-ring (bicyclic) bond motifs is 7. The first-order chi connectivity index (χ1) is 25.8. The van der Waals surface area contributed by atoms with E-state index in [9.17, 15) is 0 Å². The highest BCUT2D eigenvalue weighted by Gasteiger charge is 2.26. The van der Waals surface area contributed by atoms with Gasteiger partial charge in [-0.2, -0.15) is 0 Å². The summed E-state index contributed by atoms with van der Waals surface area (Å²) in [6.07, 6.45) is 0. The Hall–Kier alpha value is -7.11. The van der Waals surface area contributed by atoms with Crippen molar-refractivity contribution in [1.29, 1.82) is 0 Å². The minimum atomic E-state index is 0.803. The van der Waals surface area contributed by atoms with E-state index in [1.165, 1.54) is 32.3 Å². The van der Waals surface area contributed by atoms with Gasteiger partial charge < -0.3 is 0 Å². The van der Waals surface area contributed by atoms with Gasteiger partial charge in [0.2, 0.25) is 0 Å². The minimum absolute atomic E-state index is 0.803. The number of para-hydroxylation sites is 1. The van der Waals surface area contributed by atoms with Crippen molar-refractivity contribution in [3.63, 3.8) is 0 Å². The van der Waals surface area contributed by atoms with Gasteiger partial charge in [-0.15, -0.1) is 0 Å². The Kier molecular flexibility index (Phi) is 5.44. The lowest BCUT2D eigenvalue weighted by Gasteiger charge is -2.15. The third-order valence-electron chi connectivity index (χ3n) is 10.8. The van der Waals surface area contributed by atoms with Crippen molar-refractivity contribution in [2.24, 2.45) is 0 Å². The Morgan fingerprint density at radius 3 is 2.00 bits per heavy atom. The van der Waals surface area contributed by atoms with Crippen molar-refractivity contribution in [3.8, 4) is 28.5 Å². The molecule has 8 aromatic carbocycles. The third kappa shape index (κ3) is 3.69. The fourth-order valence-electron chi connectivity index (χ4n) is 8.54. The zero-order valence-corrected chi connectivity index (χ0v) is 27.8. The highest BCUT2D eigenvalue weighted by Crippen LogP contribution is 2.45. The van der Waals surface area contributed by atoms with E-state index < -0.39 is 0 Å². The number of rotatable bonds is 3. The van der Waals surface area contributed by atoms with Crippen LogP contribution in [0.15, 0.2) is 164 Å². The molecular weight excluding hydrogens is 635 g/mol. The first-order valence-corrected chi connectivity index (χ1v) is 17.6. The fraction of sp³-hybridized carbons (Fsp3) is 0. The summed E-state index contributed by atoms with van der Waals surface area (Å²) in [7, 11) is 0. The summed E-state index contributed by atoms with van der Waals surface area (Å²) in [5, 5.41) is 9.33. The van der Waals surface area contributed by atoms with Gasteiger partial charge in [0.05, 0.1) is 38.6 Å². The molecular formula is C47H27N5. The highest BCUT2D eigenvalue weighted by atomic mass is 15.1. The lowest BCUT2D eigenvalue weighted by molar-refractivity contribution is 1.08. The molecule has 5 nitrogen and oxygen atoms in total. The van der Waals surface area contributed by atoms with Crippen LogP contribution in [-0.2, 0) is 0 Å². The molecule has 240 valence electrons. The molecule has 0 aliphatic carbocycles. The Morgan fingerprint density at radius 2 is 1.10 bits per heavy atom. The SMILES string of the molecule is c1ccc(-c2nc3ccc4c5c6c(cccc6n4-c4nc6ccc7ccccc7c6nc4-c4ccc6ccccc6c4)c4ccccc4n2c35)cc1. The van der Waals surface area contributed by atoms with E-state index >= 15 is 0 Å². The fourth-order valence-corrected chi connectivity index (χ4v) is 8.54. The van der Waals surface area contributed by atoms with E-state index in [1.54, 1.807) is 0 Å². The lowest BCUT2D eigenvalue weighted by Crippen LogP contribution is -2.04. The Bertz CT molecular complexity index is 3410. The Morgan fingerprint density at radius 1 is 0.404 bits per heavy atom.